The monoisotopic (exact) mass is 198 g/mol. The molecular weight excluding hydrogens is 188 g/mol. The van der Waals surface area contributed by atoms with Crippen LogP contribution in [-0.4, -0.2) is 42.0 Å². The van der Waals surface area contributed by atoms with Crippen LogP contribution in [0.5, 0.6) is 0 Å². The summed E-state index contributed by atoms with van der Waals surface area (Å²) in [5, 5.41) is 1.96. The Morgan fingerprint density at radius 3 is 2.64 bits per heavy atom. The summed E-state index contributed by atoms with van der Waals surface area (Å²) in [5.41, 5.74) is 0. The lowest BCUT2D eigenvalue weighted by Crippen LogP contribution is -2.45. The Kier molecular flexibility index (Phi) is 2.20. The number of ether oxygens (including phenoxy) is 1. The van der Waals surface area contributed by atoms with Crippen molar-refractivity contribution in [2.24, 2.45) is 0 Å². The van der Waals surface area contributed by atoms with Gasteiger partial charge in [0.2, 0.25) is 0 Å². The van der Waals surface area contributed by atoms with Crippen LogP contribution in [0, 0.1) is 0 Å². The van der Waals surface area contributed by atoms with Crippen molar-refractivity contribution in [3.63, 3.8) is 0 Å². The summed E-state index contributed by atoms with van der Waals surface area (Å²) in [6.07, 6.45) is 1.50. The average molecular weight is 198 g/mol. The molecule has 76 valence electrons. The highest BCUT2D eigenvalue weighted by molar-refractivity contribution is 6.44. The van der Waals surface area contributed by atoms with E-state index in [1.807, 2.05) is 5.32 Å². The standard InChI is InChI=1S/C8H10N2O4/c11-6-7(12)10(8(13)9-6)5-2-1-3-14-4-5/h5H,1-4H2,(H,9,11,13). The van der Waals surface area contributed by atoms with Gasteiger partial charge in [-0.05, 0) is 12.8 Å². The zero-order valence-corrected chi connectivity index (χ0v) is 7.49. The molecule has 2 aliphatic rings. The number of carbonyl (C=O) groups excluding carboxylic acids is 3. The van der Waals surface area contributed by atoms with Gasteiger partial charge >= 0.3 is 17.8 Å². The van der Waals surface area contributed by atoms with Crippen molar-refractivity contribution in [3.8, 4) is 0 Å². The van der Waals surface area contributed by atoms with Crippen LogP contribution in [0.3, 0.4) is 0 Å². The first-order valence-corrected chi connectivity index (χ1v) is 4.46. The van der Waals surface area contributed by atoms with E-state index in [1.165, 1.54) is 0 Å². The first kappa shape index (κ1) is 9.14. The van der Waals surface area contributed by atoms with E-state index >= 15 is 0 Å². The van der Waals surface area contributed by atoms with Gasteiger partial charge < -0.3 is 4.74 Å². The summed E-state index contributed by atoms with van der Waals surface area (Å²) in [7, 11) is 0. The Morgan fingerprint density at radius 1 is 1.36 bits per heavy atom. The van der Waals surface area contributed by atoms with Crippen molar-refractivity contribution < 1.29 is 19.1 Å². The van der Waals surface area contributed by atoms with Crippen molar-refractivity contribution in [3.05, 3.63) is 0 Å². The SMILES string of the molecule is O=C1NC(=O)N(C2CCCOC2)C1=O. The highest BCUT2D eigenvalue weighted by Gasteiger charge is 2.41. The maximum atomic E-state index is 11.3. The summed E-state index contributed by atoms with van der Waals surface area (Å²) in [5.74, 6) is -1.62. The van der Waals surface area contributed by atoms with E-state index < -0.39 is 17.8 Å². The molecular formula is C8H10N2O4. The van der Waals surface area contributed by atoms with Gasteiger partial charge in [-0.2, -0.15) is 0 Å². The molecule has 2 fully saturated rings. The van der Waals surface area contributed by atoms with Gasteiger partial charge in [0.1, 0.15) is 0 Å². The third-order valence-corrected chi connectivity index (χ3v) is 2.35. The minimum Gasteiger partial charge on any atom is -0.379 e. The van der Waals surface area contributed by atoms with Crippen molar-refractivity contribution >= 4 is 17.8 Å². The molecule has 0 radical (unpaired) electrons. The molecule has 6 nitrogen and oxygen atoms in total. The molecule has 0 aliphatic carbocycles. The number of nitrogens with zero attached hydrogens (tertiary/aromatic N) is 1. The number of urea groups is 1. The molecule has 2 rings (SSSR count). The number of rotatable bonds is 1. The number of hydrogen-bond acceptors (Lipinski definition) is 4. The summed E-state index contributed by atoms with van der Waals surface area (Å²) in [6, 6.07) is -0.918. The molecule has 0 aromatic carbocycles. The molecule has 14 heavy (non-hydrogen) atoms. The smallest absolute Gasteiger partial charge is 0.331 e. The van der Waals surface area contributed by atoms with Crippen LogP contribution in [0.2, 0.25) is 0 Å². The first-order chi connectivity index (χ1) is 6.70. The van der Waals surface area contributed by atoms with Gasteiger partial charge in [0.15, 0.2) is 0 Å². The Labute approximate surface area is 80.2 Å². The second-order valence-electron chi connectivity index (χ2n) is 3.31. The maximum Gasteiger partial charge on any atom is 0.331 e. The number of amides is 4. The second-order valence-corrected chi connectivity index (χ2v) is 3.31. The van der Waals surface area contributed by atoms with Gasteiger partial charge in [0, 0.05) is 6.61 Å². The molecule has 6 heteroatoms. The summed E-state index contributed by atoms with van der Waals surface area (Å²) in [6.45, 7) is 0.973. The molecule has 2 heterocycles. The molecule has 1 N–H and O–H groups in total. The minimum absolute atomic E-state index is 0.289. The molecule has 0 aromatic rings. The number of carbonyl (C=O) groups is 3. The van der Waals surface area contributed by atoms with E-state index in [9.17, 15) is 14.4 Å². The van der Waals surface area contributed by atoms with E-state index in [2.05, 4.69) is 0 Å². The third kappa shape index (κ3) is 1.37. The molecule has 2 saturated heterocycles. The van der Waals surface area contributed by atoms with Gasteiger partial charge in [-0.25, -0.2) is 4.79 Å². The minimum atomic E-state index is -0.847. The van der Waals surface area contributed by atoms with Crippen LogP contribution in [0.4, 0.5) is 4.79 Å². The molecule has 0 spiro atoms. The van der Waals surface area contributed by atoms with Crippen LogP contribution >= 0.6 is 0 Å². The highest BCUT2D eigenvalue weighted by atomic mass is 16.5. The van der Waals surface area contributed by atoms with E-state index in [4.69, 9.17) is 4.74 Å². The zero-order chi connectivity index (χ0) is 10.1. The van der Waals surface area contributed by atoms with Crippen LogP contribution in [0.15, 0.2) is 0 Å². The van der Waals surface area contributed by atoms with E-state index in [-0.39, 0.29) is 6.04 Å². The van der Waals surface area contributed by atoms with E-state index in [1.54, 1.807) is 0 Å². The molecule has 4 amide bonds. The number of nitrogens with one attached hydrogen (secondary N) is 1. The molecule has 2 aliphatic heterocycles. The predicted molar refractivity (Wildman–Crippen MR) is 44.2 cm³/mol. The fraction of sp³-hybridized carbons (Fsp3) is 0.625. The normalized spacial score (nSPS) is 28.1. The van der Waals surface area contributed by atoms with Gasteiger partial charge in [-0.1, -0.05) is 0 Å². The summed E-state index contributed by atoms with van der Waals surface area (Å²) < 4.78 is 5.14. The lowest BCUT2D eigenvalue weighted by Gasteiger charge is -2.27. The molecule has 1 unspecified atom stereocenters. The Bertz CT molecular complexity index is 296. The molecule has 1 atom stereocenters. The predicted octanol–water partition coefficient (Wildman–Crippen LogP) is -0.756. The van der Waals surface area contributed by atoms with Crippen LogP contribution < -0.4 is 5.32 Å². The van der Waals surface area contributed by atoms with E-state index in [0.717, 1.165) is 11.3 Å². The van der Waals surface area contributed by atoms with Gasteiger partial charge in [-0.15, -0.1) is 0 Å². The zero-order valence-electron chi connectivity index (χ0n) is 7.49. The van der Waals surface area contributed by atoms with Gasteiger partial charge in [0.25, 0.3) is 0 Å². The van der Waals surface area contributed by atoms with Crippen molar-refractivity contribution in [1.82, 2.24) is 10.2 Å². The molecule has 0 bridgehead atoms. The highest BCUT2D eigenvalue weighted by Crippen LogP contribution is 2.16. The van der Waals surface area contributed by atoms with Gasteiger partial charge in [0.05, 0.1) is 12.6 Å². The number of hydrogen-bond donors (Lipinski definition) is 1. The van der Waals surface area contributed by atoms with Crippen LogP contribution in [0.25, 0.3) is 0 Å². The first-order valence-electron chi connectivity index (χ1n) is 4.46. The number of imide groups is 2. The Morgan fingerprint density at radius 2 is 2.14 bits per heavy atom. The van der Waals surface area contributed by atoms with Crippen molar-refractivity contribution in [1.29, 1.82) is 0 Å². The Hall–Kier alpha value is -1.43. The molecule has 0 aromatic heterocycles. The van der Waals surface area contributed by atoms with Crippen molar-refractivity contribution in [2.45, 2.75) is 18.9 Å². The fourth-order valence-corrected chi connectivity index (χ4v) is 1.67. The fourth-order valence-electron chi connectivity index (χ4n) is 1.67. The van der Waals surface area contributed by atoms with Crippen LogP contribution in [0.1, 0.15) is 12.8 Å². The van der Waals surface area contributed by atoms with E-state index in [0.29, 0.717) is 19.6 Å². The summed E-state index contributed by atoms with van der Waals surface area (Å²) >= 11 is 0. The lowest BCUT2D eigenvalue weighted by atomic mass is 10.1. The van der Waals surface area contributed by atoms with Crippen LogP contribution in [-0.2, 0) is 14.3 Å². The average Bonchev–Trinajstić information content (AvgIpc) is 2.43. The maximum absolute atomic E-state index is 11.3. The lowest BCUT2D eigenvalue weighted by molar-refractivity contribution is -0.142. The summed E-state index contributed by atoms with van der Waals surface area (Å²) in [4.78, 5) is 34.3. The molecule has 0 saturated carbocycles. The topological polar surface area (TPSA) is 75.7 Å². The quantitative estimate of drug-likeness (QED) is 0.444. The largest absolute Gasteiger partial charge is 0.379 e. The third-order valence-electron chi connectivity index (χ3n) is 2.35. The Balaban J connectivity index is 2.12. The van der Waals surface area contributed by atoms with Crippen molar-refractivity contribution in [2.75, 3.05) is 13.2 Å². The second kappa shape index (κ2) is 3.38. The van der Waals surface area contributed by atoms with Gasteiger partial charge in [-0.3, -0.25) is 19.8 Å².